The van der Waals surface area contributed by atoms with E-state index in [4.69, 9.17) is 14.6 Å². The average molecular weight is 315 g/mol. The molecule has 0 bridgehead atoms. The molecule has 1 N–H and O–H groups in total. The maximum Gasteiger partial charge on any atom is 0.508 e. The summed E-state index contributed by atoms with van der Waals surface area (Å²) in [6, 6.07) is 3.72. The highest BCUT2D eigenvalue weighted by Gasteiger charge is 2.21. The smallest absolute Gasteiger partial charge is 0.465 e. The van der Waals surface area contributed by atoms with Crippen molar-refractivity contribution in [3.05, 3.63) is 22.4 Å². The van der Waals surface area contributed by atoms with Crippen LogP contribution in [0.2, 0.25) is 0 Å². The van der Waals surface area contributed by atoms with Crippen molar-refractivity contribution in [2.75, 3.05) is 19.7 Å². The van der Waals surface area contributed by atoms with Gasteiger partial charge in [-0.2, -0.15) is 0 Å². The fourth-order valence-electron chi connectivity index (χ4n) is 1.85. The third-order valence-electron chi connectivity index (χ3n) is 2.79. The highest BCUT2D eigenvalue weighted by molar-refractivity contribution is 7.10. The van der Waals surface area contributed by atoms with Crippen LogP contribution < -0.4 is 0 Å². The normalized spacial score (nSPS) is 11.7. The van der Waals surface area contributed by atoms with Crippen LogP contribution in [0.25, 0.3) is 0 Å². The van der Waals surface area contributed by atoms with Crippen LogP contribution in [0.1, 0.15) is 37.7 Å². The zero-order valence-corrected chi connectivity index (χ0v) is 13.1. The molecule has 0 saturated heterocycles. The predicted octanol–water partition coefficient (Wildman–Crippen LogP) is 3.74. The summed E-state index contributed by atoms with van der Waals surface area (Å²) in [7, 11) is 0. The van der Waals surface area contributed by atoms with Gasteiger partial charge in [-0.1, -0.05) is 13.0 Å². The molecule has 0 saturated carbocycles. The minimum absolute atomic E-state index is 0.243. The lowest BCUT2D eigenvalue weighted by Gasteiger charge is -2.22. The lowest BCUT2D eigenvalue weighted by Crippen LogP contribution is -2.32. The topological polar surface area (TPSA) is 76.1 Å². The van der Waals surface area contributed by atoms with Gasteiger partial charge in [-0.3, -0.25) is 0 Å². The molecule has 0 unspecified atom stereocenters. The lowest BCUT2D eigenvalue weighted by molar-refractivity contribution is 0.0209. The van der Waals surface area contributed by atoms with E-state index in [1.165, 1.54) is 16.2 Å². The van der Waals surface area contributed by atoms with E-state index < -0.39 is 18.4 Å². The Morgan fingerprint density at radius 3 is 2.67 bits per heavy atom. The molecule has 0 fully saturated rings. The number of ether oxygens (including phenoxy) is 2. The number of carbonyl (C=O) groups is 2. The van der Waals surface area contributed by atoms with Crippen molar-refractivity contribution in [2.45, 2.75) is 32.8 Å². The second-order valence-electron chi connectivity index (χ2n) is 4.36. The quantitative estimate of drug-likeness (QED) is 0.739. The number of hydrogen-bond acceptors (Lipinski definition) is 5. The van der Waals surface area contributed by atoms with Gasteiger partial charge in [-0.15, -0.1) is 11.3 Å². The molecule has 0 aromatic carbocycles. The van der Waals surface area contributed by atoms with Crippen molar-refractivity contribution in [1.82, 2.24) is 4.90 Å². The van der Waals surface area contributed by atoms with Crippen molar-refractivity contribution >= 4 is 23.6 Å². The van der Waals surface area contributed by atoms with Gasteiger partial charge in [0.2, 0.25) is 0 Å². The van der Waals surface area contributed by atoms with Gasteiger partial charge >= 0.3 is 12.2 Å². The van der Waals surface area contributed by atoms with Gasteiger partial charge in [0.05, 0.1) is 6.61 Å². The Bertz CT molecular complexity index is 435. The van der Waals surface area contributed by atoms with Gasteiger partial charge in [0.1, 0.15) is 6.10 Å². The van der Waals surface area contributed by atoms with Crippen LogP contribution in [0.4, 0.5) is 9.59 Å². The van der Waals surface area contributed by atoms with Gasteiger partial charge in [-0.25, -0.2) is 9.59 Å². The second-order valence-corrected chi connectivity index (χ2v) is 5.34. The highest BCUT2D eigenvalue weighted by atomic mass is 32.1. The molecule has 0 spiro atoms. The summed E-state index contributed by atoms with van der Waals surface area (Å²) in [5.74, 6) is 0. The first kappa shape index (κ1) is 17.3. The van der Waals surface area contributed by atoms with Crippen molar-refractivity contribution in [3.63, 3.8) is 0 Å². The molecule has 1 aromatic rings. The number of rotatable bonds is 8. The number of nitrogens with zero attached hydrogens (tertiary/aromatic N) is 1. The first-order chi connectivity index (χ1) is 10.1. The van der Waals surface area contributed by atoms with Crippen LogP contribution in [0, 0.1) is 0 Å². The minimum atomic E-state index is -0.960. The summed E-state index contributed by atoms with van der Waals surface area (Å²) in [5.41, 5.74) is 0. The summed E-state index contributed by atoms with van der Waals surface area (Å²) in [5, 5.41) is 11.0. The average Bonchev–Trinajstić information content (AvgIpc) is 2.95. The molecule has 1 amide bonds. The van der Waals surface area contributed by atoms with Crippen molar-refractivity contribution < 1.29 is 24.2 Å². The van der Waals surface area contributed by atoms with E-state index >= 15 is 0 Å². The Morgan fingerprint density at radius 2 is 2.14 bits per heavy atom. The van der Waals surface area contributed by atoms with Crippen LogP contribution in [-0.4, -0.2) is 42.0 Å². The zero-order chi connectivity index (χ0) is 15.7. The third-order valence-corrected chi connectivity index (χ3v) is 3.75. The molecule has 1 heterocycles. The van der Waals surface area contributed by atoms with Crippen molar-refractivity contribution in [2.24, 2.45) is 0 Å². The molecule has 0 radical (unpaired) electrons. The number of carbonyl (C=O) groups excluding carboxylic acids is 1. The molecule has 0 aliphatic rings. The Morgan fingerprint density at radius 1 is 1.38 bits per heavy atom. The third kappa shape index (κ3) is 6.03. The van der Waals surface area contributed by atoms with E-state index in [2.05, 4.69) is 0 Å². The predicted molar refractivity (Wildman–Crippen MR) is 79.7 cm³/mol. The van der Waals surface area contributed by atoms with Crippen LogP contribution >= 0.6 is 11.3 Å². The van der Waals surface area contributed by atoms with Gasteiger partial charge in [0.15, 0.2) is 0 Å². The SMILES string of the molecule is CCCN(CC[C@H](OC(=O)OCC)c1cccs1)C(=O)O. The Balaban J connectivity index is 2.64. The molecule has 1 aromatic heterocycles. The van der Waals surface area contributed by atoms with Gasteiger partial charge in [0.25, 0.3) is 0 Å². The van der Waals surface area contributed by atoms with Crippen LogP contribution in [0.5, 0.6) is 0 Å². The van der Waals surface area contributed by atoms with E-state index in [-0.39, 0.29) is 6.61 Å². The minimum Gasteiger partial charge on any atom is -0.465 e. The first-order valence-electron chi connectivity index (χ1n) is 6.93. The molecule has 118 valence electrons. The second kappa shape index (κ2) is 9.23. The maximum absolute atomic E-state index is 11.5. The Kier molecular flexibility index (Phi) is 7.60. The van der Waals surface area contributed by atoms with Gasteiger partial charge < -0.3 is 19.5 Å². The number of amides is 1. The molecule has 7 heteroatoms. The molecule has 1 atom stereocenters. The fourth-order valence-corrected chi connectivity index (χ4v) is 2.64. The Labute approximate surface area is 128 Å². The first-order valence-corrected chi connectivity index (χ1v) is 7.81. The summed E-state index contributed by atoms with van der Waals surface area (Å²) in [6.07, 6.45) is -1.02. The van der Waals surface area contributed by atoms with Crippen molar-refractivity contribution in [1.29, 1.82) is 0 Å². The molecule has 0 aliphatic heterocycles. The van der Waals surface area contributed by atoms with E-state index in [1.807, 2.05) is 24.4 Å². The summed E-state index contributed by atoms with van der Waals surface area (Å²) < 4.78 is 10.1. The summed E-state index contributed by atoms with van der Waals surface area (Å²) >= 11 is 1.47. The largest absolute Gasteiger partial charge is 0.508 e. The lowest BCUT2D eigenvalue weighted by atomic mass is 10.2. The zero-order valence-electron chi connectivity index (χ0n) is 12.3. The van der Waals surface area contributed by atoms with E-state index in [0.717, 1.165) is 11.3 Å². The van der Waals surface area contributed by atoms with E-state index in [1.54, 1.807) is 6.92 Å². The molecular formula is C14H21NO5S. The monoisotopic (exact) mass is 315 g/mol. The molecular weight excluding hydrogens is 294 g/mol. The van der Waals surface area contributed by atoms with E-state index in [9.17, 15) is 9.59 Å². The van der Waals surface area contributed by atoms with Crippen LogP contribution in [0.3, 0.4) is 0 Å². The fraction of sp³-hybridized carbons (Fsp3) is 0.571. The number of carboxylic acid groups (broad SMARTS) is 1. The Hall–Kier alpha value is -1.76. The summed E-state index contributed by atoms with van der Waals surface area (Å²) in [6.45, 7) is 4.64. The number of thiophene rings is 1. The van der Waals surface area contributed by atoms with E-state index in [0.29, 0.717) is 19.5 Å². The molecule has 0 aliphatic carbocycles. The van der Waals surface area contributed by atoms with Crippen molar-refractivity contribution in [3.8, 4) is 0 Å². The summed E-state index contributed by atoms with van der Waals surface area (Å²) in [4.78, 5) is 24.8. The number of hydrogen-bond donors (Lipinski definition) is 1. The molecule has 6 nitrogen and oxygen atoms in total. The van der Waals surface area contributed by atoms with Gasteiger partial charge in [-0.05, 0) is 24.8 Å². The molecule has 1 rings (SSSR count). The maximum atomic E-state index is 11.5. The molecule has 21 heavy (non-hydrogen) atoms. The standard InChI is InChI=1S/C14H21NO5S/c1-3-8-15(13(16)17)9-7-11(12-6-5-10-21-12)20-14(18)19-4-2/h5-6,10-11H,3-4,7-9H2,1-2H3,(H,16,17)/t11-/m0/s1. The highest BCUT2D eigenvalue weighted by Crippen LogP contribution is 2.26. The van der Waals surface area contributed by atoms with Crippen LogP contribution in [-0.2, 0) is 9.47 Å². The van der Waals surface area contributed by atoms with Crippen LogP contribution in [0.15, 0.2) is 17.5 Å². The van der Waals surface area contributed by atoms with Gasteiger partial charge in [0, 0.05) is 24.4 Å².